The Labute approximate surface area is 183 Å². The Morgan fingerprint density at radius 2 is 1.84 bits per heavy atom. The minimum absolute atomic E-state index is 0.0452. The first kappa shape index (κ1) is 21.2. The van der Waals surface area contributed by atoms with Crippen molar-refractivity contribution in [2.45, 2.75) is 20.3 Å². The van der Waals surface area contributed by atoms with E-state index in [9.17, 15) is 4.79 Å². The Balaban J connectivity index is 1.68. The van der Waals surface area contributed by atoms with Gasteiger partial charge in [-0.3, -0.25) is 14.8 Å². The minimum Gasteiger partial charge on any atom is -0.379 e. The van der Waals surface area contributed by atoms with E-state index in [1.807, 2.05) is 30.3 Å². The number of aromatic nitrogens is 2. The highest BCUT2D eigenvalue weighted by molar-refractivity contribution is 5.95. The normalized spacial score (nSPS) is 14.4. The third-order valence-electron chi connectivity index (χ3n) is 5.46. The molecule has 0 saturated carbocycles. The van der Waals surface area contributed by atoms with Gasteiger partial charge in [-0.05, 0) is 49.6 Å². The lowest BCUT2D eigenvalue weighted by Gasteiger charge is -2.37. The molecule has 1 fully saturated rings. The van der Waals surface area contributed by atoms with E-state index in [1.165, 1.54) is 5.56 Å². The molecule has 6 nitrogen and oxygen atoms in total. The van der Waals surface area contributed by atoms with Gasteiger partial charge in [-0.15, -0.1) is 0 Å². The van der Waals surface area contributed by atoms with Crippen molar-refractivity contribution >= 4 is 11.6 Å². The van der Waals surface area contributed by atoms with Crippen LogP contribution in [0.3, 0.4) is 0 Å². The average Bonchev–Trinajstić information content (AvgIpc) is 2.81. The van der Waals surface area contributed by atoms with Gasteiger partial charge in [0.2, 0.25) is 0 Å². The van der Waals surface area contributed by atoms with Crippen LogP contribution in [0.15, 0.2) is 60.9 Å². The molecule has 1 saturated heterocycles. The quantitative estimate of drug-likeness (QED) is 0.543. The van der Waals surface area contributed by atoms with Crippen molar-refractivity contribution in [3.8, 4) is 11.3 Å². The molecule has 0 radical (unpaired) electrons. The first-order valence-corrected chi connectivity index (χ1v) is 10.8. The first-order valence-electron chi connectivity index (χ1n) is 10.8. The van der Waals surface area contributed by atoms with Crippen LogP contribution in [0.1, 0.15) is 35.3 Å². The van der Waals surface area contributed by atoms with Crippen LogP contribution in [0.2, 0.25) is 0 Å². The van der Waals surface area contributed by atoms with E-state index in [1.54, 1.807) is 19.3 Å². The Morgan fingerprint density at radius 1 is 1.06 bits per heavy atom. The largest absolute Gasteiger partial charge is 0.379 e. The molecule has 31 heavy (non-hydrogen) atoms. The molecule has 2 heterocycles. The van der Waals surface area contributed by atoms with Gasteiger partial charge >= 0.3 is 0 Å². The Morgan fingerprint density at radius 3 is 2.55 bits per heavy atom. The van der Waals surface area contributed by atoms with Gasteiger partial charge in [-0.1, -0.05) is 30.3 Å². The molecular formula is C25H28N4O2. The van der Waals surface area contributed by atoms with Crippen molar-refractivity contribution in [3.63, 3.8) is 0 Å². The molecule has 1 aliphatic rings. The highest BCUT2D eigenvalue weighted by Gasteiger charge is 2.19. The van der Waals surface area contributed by atoms with Gasteiger partial charge < -0.3 is 4.74 Å². The van der Waals surface area contributed by atoms with Gasteiger partial charge in [0.25, 0.3) is 0 Å². The van der Waals surface area contributed by atoms with Crippen LogP contribution in [0.5, 0.6) is 0 Å². The number of carbonyl (C=O) groups excluding carboxylic acids is 1. The van der Waals surface area contributed by atoms with Crippen molar-refractivity contribution in [1.29, 1.82) is 0 Å². The molecular weight excluding hydrogens is 388 g/mol. The summed E-state index contributed by atoms with van der Waals surface area (Å²) in [6.45, 7) is 7.61. The Kier molecular flexibility index (Phi) is 6.70. The monoisotopic (exact) mass is 416 g/mol. The van der Waals surface area contributed by atoms with E-state index in [2.05, 4.69) is 40.1 Å². The maximum absolute atomic E-state index is 12.2. The van der Waals surface area contributed by atoms with Gasteiger partial charge in [-0.2, -0.15) is 0 Å². The third-order valence-corrected chi connectivity index (χ3v) is 5.46. The molecule has 6 heteroatoms. The highest BCUT2D eigenvalue weighted by Crippen LogP contribution is 2.25. The van der Waals surface area contributed by atoms with E-state index < -0.39 is 0 Å². The van der Waals surface area contributed by atoms with Crippen LogP contribution in [-0.2, 0) is 11.2 Å². The number of nitrogens with zero attached hydrogens (tertiary/aromatic N) is 4. The smallest absolute Gasteiger partial charge is 0.162 e. The molecule has 0 aliphatic carbocycles. The van der Waals surface area contributed by atoms with Crippen molar-refractivity contribution in [1.82, 2.24) is 15.0 Å². The van der Waals surface area contributed by atoms with Gasteiger partial charge in [0.1, 0.15) is 0 Å². The number of anilines is 1. The second-order valence-corrected chi connectivity index (χ2v) is 7.68. The van der Waals surface area contributed by atoms with Crippen molar-refractivity contribution in [2.75, 3.05) is 37.9 Å². The number of hydrazine groups is 1. The number of Topliss-reactive ketones (excluding diaryl/α,β-unsaturated/α-hetero) is 1. The van der Waals surface area contributed by atoms with Gasteiger partial charge in [-0.25, -0.2) is 9.99 Å². The van der Waals surface area contributed by atoms with Gasteiger partial charge in [0.05, 0.1) is 31.3 Å². The zero-order valence-corrected chi connectivity index (χ0v) is 18.1. The summed E-state index contributed by atoms with van der Waals surface area (Å²) in [5, 5.41) is 4.41. The number of morpholine rings is 1. The summed E-state index contributed by atoms with van der Waals surface area (Å²) >= 11 is 0. The topological polar surface area (TPSA) is 58.6 Å². The molecule has 0 spiro atoms. The third kappa shape index (κ3) is 5.16. The summed E-state index contributed by atoms with van der Waals surface area (Å²) in [7, 11) is 0. The minimum atomic E-state index is 0.0452. The van der Waals surface area contributed by atoms with E-state index >= 15 is 0 Å². The Bertz CT molecular complexity index is 1030. The van der Waals surface area contributed by atoms with E-state index in [0.29, 0.717) is 18.8 Å². The predicted octanol–water partition coefficient (Wildman–Crippen LogP) is 4.01. The number of ether oxygens (including phenoxy) is 1. The number of carbonyl (C=O) groups is 1. The van der Waals surface area contributed by atoms with Crippen LogP contribution >= 0.6 is 0 Å². The average molecular weight is 417 g/mol. The van der Waals surface area contributed by atoms with Crippen molar-refractivity contribution in [2.24, 2.45) is 0 Å². The summed E-state index contributed by atoms with van der Waals surface area (Å²) < 4.78 is 5.48. The number of benzene rings is 2. The first-order chi connectivity index (χ1) is 15.1. The standard InChI is InChI=1S/C25H28N4O2/c1-3-29(28-9-11-31-12-10-28)25-18-26-17-24(27-25)23-15-21(14-22(16-23)19(2)30)13-20-7-5-4-6-8-20/h4-8,14-18H,3,9-13H2,1-2H3. The molecule has 3 aromatic rings. The molecule has 1 aliphatic heterocycles. The van der Waals surface area contributed by atoms with Crippen LogP contribution in [0.4, 0.5) is 5.82 Å². The number of rotatable bonds is 7. The second kappa shape index (κ2) is 9.81. The van der Waals surface area contributed by atoms with E-state index in [0.717, 1.165) is 48.7 Å². The summed E-state index contributed by atoms with van der Waals surface area (Å²) in [5.41, 5.74) is 4.66. The zero-order valence-electron chi connectivity index (χ0n) is 18.1. The van der Waals surface area contributed by atoms with E-state index in [-0.39, 0.29) is 5.78 Å². The molecule has 1 aromatic heterocycles. The summed E-state index contributed by atoms with van der Waals surface area (Å²) in [6.07, 6.45) is 4.32. The van der Waals surface area contributed by atoms with Gasteiger partial charge in [0, 0.05) is 30.8 Å². The van der Waals surface area contributed by atoms with Gasteiger partial charge in [0.15, 0.2) is 11.6 Å². The Hall–Kier alpha value is -3.09. The molecule has 0 N–H and O–H groups in total. The van der Waals surface area contributed by atoms with Crippen LogP contribution < -0.4 is 5.01 Å². The second-order valence-electron chi connectivity index (χ2n) is 7.68. The fourth-order valence-electron chi connectivity index (χ4n) is 3.90. The maximum atomic E-state index is 12.2. The van der Waals surface area contributed by atoms with E-state index in [4.69, 9.17) is 9.72 Å². The molecule has 160 valence electrons. The molecule has 0 atom stereocenters. The van der Waals surface area contributed by atoms with Crippen molar-refractivity contribution < 1.29 is 9.53 Å². The lowest BCUT2D eigenvalue weighted by Crippen LogP contribution is -2.49. The molecule has 0 unspecified atom stereocenters. The maximum Gasteiger partial charge on any atom is 0.162 e. The zero-order chi connectivity index (χ0) is 21.6. The lowest BCUT2D eigenvalue weighted by atomic mass is 9.97. The van der Waals surface area contributed by atoms with Crippen LogP contribution in [-0.4, -0.2) is 53.6 Å². The highest BCUT2D eigenvalue weighted by atomic mass is 16.5. The fraction of sp³-hybridized carbons (Fsp3) is 0.320. The molecule has 0 bridgehead atoms. The SMILES string of the molecule is CCN(c1cncc(-c2cc(Cc3ccccc3)cc(C(C)=O)c2)n1)N1CCOCC1. The number of ketones is 1. The molecule has 0 amide bonds. The summed E-state index contributed by atoms with van der Waals surface area (Å²) in [6, 6.07) is 16.3. The molecule has 2 aromatic carbocycles. The van der Waals surface area contributed by atoms with Crippen LogP contribution in [0, 0.1) is 0 Å². The lowest BCUT2D eigenvalue weighted by molar-refractivity contribution is 0.0318. The predicted molar refractivity (Wildman–Crippen MR) is 122 cm³/mol. The summed E-state index contributed by atoms with van der Waals surface area (Å²) in [4.78, 5) is 21.6. The number of hydrogen-bond acceptors (Lipinski definition) is 6. The van der Waals surface area contributed by atoms with Crippen LogP contribution in [0.25, 0.3) is 11.3 Å². The van der Waals surface area contributed by atoms with Crippen molar-refractivity contribution in [3.05, 3.63) is 77.6 Å². The molecule has 4 rings (SSSR count). The fourth-order valence-corrected chi connectivity index (χ4v) is 3.90. The number of hydrogen-bond donors (Lipinski definition) is 0. The summed E-state index contributed by atoms with van der Waals surface area (Å²) in [5.74, 6) is 0.850.